The Hall–Kier alpha value is -1.10. The third kappa shape index (κ3) is 3.70. The lowest BCUT2D eigenvalue weighted by Gasteiger charge is -2.28. The van der Waals surface area contributed by atoms with Crippen molar-refractivity contribution < 1.29 is 14.5 Å². The number of nitrogens with one attached hydrogen (secondary N) is 1. The Kier molecular flexibility index (Phi) is 4.68. The topological polar surface area (TPSA) is 55.6 Å². The Morgan fingerprint density at radius 3 is 2.57 bits per heavy atom. The fourth-order valence-electron chi connectivity index (χ4n) is 4.15. The van der Waals surface area contributed by atoms with Gasteiger partial charge in [0.15, 0.2) is 0 Å². The van der Waals surface area contributed by atoms with Gasteiger partial charge >= 0.3 is 5.90 Å². The summed E-state index contributed by atoms with van der Waals surface area (Å²) in [6.07, 6.45) is 5.33. The summed E-state index contributed by atoms with van der Waals surface area (Å²) >= 11 is 0. The van der Waals surface area contributed by atoms with Gasteiger partial charge in [-0.05, 0) is 38.0 Å². The van der Waals surface area contributed by atoms with Crippen LogP contribution >= 0.6 is 0 Å². The van der Waals surface area contributed by atoms with Crippen molar-refractivity contribution in [2.75, 3.05) is 26.3 Å². The number of amides is 1. The van der Waals surface area contributed by atoms with Gasteiger partial charge in [0.1, 0.15) is 13.1 Å². The van der Waals surface area contributed by atoms with Gasteiger partial charge in [0, 0.05) is 19.4 Å². The predicted molar refractivity (Wildman–Crippen MR) is 90.7 cm³/mol. The van der Waals surface area contributed by atoms with Crippen LogP contribution < -0.4 is 5.32 Å². The lowest BCUT2D eigenvalue weighted by atomic mass is 9.90. The molecule has 130 valence electrons. The molecule has 23 heavy (non-hydrogen) atoms. The zero-order valence-corrected chi connectivity index (χ0v) is 14.8. The van der Waals surface area contributed by atoms with E-state index in [-0.39, 0.29) is 11.4 Å². The first-order valence-electron chi connectivity index (χ1n) is 9.24. The first kappa shape index (κ1) is 16.7. The molecule has 3 rings (SSSR count). The smallest absolute Gasteiger partial charge is 0.336 e. The molecule has 1 amide bonds. The zero-order valence-electron chi connectivity index (χ0n) is 14.8. The summed E-state index contributed by atoms with van der Waals surface area (Å²) in [5, 5.41) is 13.6. The number of aliphatic hydroxyl groups is 1. The van der Waals surface area contributed by atoms with Gasteiger partial charge < -0.3 is 10.0 Å². The van der Waals surface area contributed by atoms with E-state index in [9.17, 15) is 9.90 Å². The normalized spacial score (nSPS) is 32.0. The summed E-state index contributed by atoms with van der Waals surface area (Å²) < 4.78 is 2.15. The van der Waals surface area contributed by atoms with E-state index in [1.807, 2.05) is 11.8 Å². The summed E-state index contributed by atoms with van der Waals surface area (Å²) in [4.78, 5) is 14.7. The van der Waals surface area contributed by atoms with Gasteiger partial charge in [-0.3, -0.25) is 10.1 Å². The molecular weight excluding hydrogens is 290 g/mol. The van der Waals surface area contributed by atoms with E-state index in [4.69, 9.17) is 0 Å². The number of hydrogen-bond donors (Lipinski definition) is 2. The fraction of sp³-hybridized carbons (Fsp3) is 0.889. The van der Waals surface area contributed by atoms with Crippen LogP contribution in [0, 0.1) is 17.8 Å². The van der Waals surface area contributed by atoms with Crippen LogP contribution in [0.1, 0.15) is 52.9 Å². The van der Waals surface area contributed by atoms with Gasteiger partial charge in [-0.2, -0.15) is 0 Å². The Morgan fingerprint density at radius 2 is 2.00 bits per heavy atom. The molecule has 5 nitrogen and oxygen atoms in total. The van der Waals surface area contributed by atoms with Gasteiger partial charge in [0.2, 0.25) is 5.91 Å². The van der Waals surface area contributed by atoms with Crippen molar-refractivity contribution in [1.29, 1.82) is 0 Å². The Morgan fingerprint density at radius 1 is 1.35 bits per heavy atom. The van der Waals surface area contributed by atoms with Crippen LogP contribution in [0.25, 0.3) is 0 Å². The lowest BCUT2D eigenvalue weighted by molar-refractivity contribution is -0.550. The number of aliphatic hydroxyl groups excluding tert-OH is 1. The summed E-state index contributed by atoms with van der Waals surface area (Å²) in [5.74, 6) is 2.39. The predicted octanol–water partition coefficient (Wildman–Crippen LogP) is 1.97. The van der Waals surface area contributed by atoms with Crippen molar-refractivity contribution in [1.82, 2.24) is 10.2 Å². The Labute approximate surface area is 139 Å². The third-order valence-corrected chi connectivity index (χ3v) is 5.60. The second-order valence-electron chi connectivity index (χ2n) is 8.36. The van der Waals surface area contributed by atoms with Crippen LogP contribution in [0.5, 0.6) is 0 Å². The van der Waals surface area contributed by atoms with E-state index >= 15 is 0 Å². The van der Waals surface area contributed by atoms with Gasteiger partial charge in [0.25, 0.3) is 0 Å². The molecule has 3 aliphatic rings. The van der Waals surface area contributed by atoms with E-state index in [1.165, 1.54) is 0 Å². The maximum absolute atomic E-state index is 12.7. The van der Waals surface area contributed by atoms with Crippen molar-refractivity contribution in [3.63, 3.8) is 0 Å². The number of rotatable bonds is 5. The van der Waals surface area contributed by atoms with E-state index < -0.39 is 0 Å². The van der Waals surface area contributed by atoms with E-state index in [2.05, 4.69) is 23.7 Å². The standard InChI is InChI=1S/C18H31N3O2/c1-13(2)10-18(3)17(23)21(12-19-18)11-14-6-8-20(9-7-14)16(22)15-4-5-15/h13-15,19H,4-12H2,1-3H3/p+1. The van der Waals surface area contributed by atoms with Crippen molar-refractivity contribution in [2.24, 2.45) is 17.8 Å². The molecule has 1 atom stereocenters. The van der Waals surface area contributed by atoms with Crippen molar-refractivity contribution >= 4 is 11.8 Å². The lowest BCUT2D eigenvalue weighted by Crippen LogP contribution is -2.45. The number of carbonyl (C=O) groups excluding carboxylic acids is 1. The third-order valence-electron chi connectivity index (χ3n) is 5.60. The molecule has 0 spiro atoms. The SMILES string of the molecule is CC(C)CC1(C)NCN(CC2CC[N+](=C(O)C3CC3)CC2)C1=O. The second kappa shape index (κ2) is 6.42. The minimum absolute atomic E-state index is 0.265. The molecule has 2 aliphatic heterocycles. The van der Waals surface area contributed by atoms with Crippen LogP contribution in [-0.2, 0) is 4.79 Å². The number of carbonyl (C=O) groups is 1. The van der Waals surface area contributed by atoms with E-state index in [1.54, 1.807) is 0 Å². The minimum atomic E-state index is -0.382. The molecule has 1 saturated carbocycles. The molecule has 0 aromatic heterocycles. The molecule has 2 heterocycles. The highest BCUT2D eigenvalue weighted by Crippen LogP contribution is 2.31. The molecule has 3 fully saturated rings. The molecule has 2 saturated heterocycles. The summed E-state index contributed by atoms with van der Waals surface area (Å²) in [5.41, 5.74) is -0.382. The average molecular weight is 322 g/mol. The van der Waals surface area contributed by atoms with Crippen molar-refractivity contribution in [2.45, 2.75) is 58.4 Å². The first-order valence-corrected chi connectivity index (χ1v) is 9.24. The highest BCUT2D eigenvalue weighted by Gasteiger charge is 2.43. The molecule has 0 aromatic rings. The molecule has 0 bridgehead atoms. The number of nitrogens with zero attached hydrogens (tertiary/aromatic N) is 2. The van der Waals surface area contributed by atoms with Crippen molar-refractivity contribution in [3.8, 4) is 0 Å². The van der Waals surface area contributed by atoms with Crippen molar-refractivity contribution in [3.05, 3.63) is 0 Å². The maximum Gasteiger partial charge on any atom is 0.336 e. The summed E-state index contributed by atoms with van der Waals surface area (Å²) in [7, 11) is 0. The highest BCUT2D eigenvalue weighted by molar-refractivity contribution is 5.87. The van der Waals surface area contributed by atoms with E-state index in [0.29, 0.717) is 30.3 Å². The quantitative estimate of drug-likeness (QED) is 0.601. The summed E-state index contributed by atoms with van der Waals surface area (Å²) in [6.45, 7) is 9.79. The van der Waals surface area contributed by atoms with Crippen LogP contribution in [0.2, 0.25) is 0 Å². The van der Waals surface area contributed by atoms with E-state index in [0.717, 1.165) is 51.7 Å². The van der Waals surface area contributed by atoms with Crippen LogP contribution in [0.15, 0.2) is 0 Å². The first-order chi connectivity index (χ1) is 10.9. The molecule has 1 unspecified atom stereocenters. The molecular formula is C18H32N3O2+. The largest absolute Gasteiger partial charge is 0.463 e. The highest BCUT2D eigenvalue weighted by atomic mass is 16.3. The Bertz CT molecular complexity index is 488. The molecule has 0 radical (unpaired) electrons. The number of piperidine rings is 1. The minimum Gasteiger partial charge on any atom is -0.463 e. The zero-order chi connectivity index (χ0) is 16.6. The number of hydrogen-bond acceptors (Lipinski definition) is 2. The van der Waals surface area contributed by atoms with Gasteiger partial charge in [-0.15, -0.1) is 0 Å². The van der Waals surface area contributed by atoms with Gasteiger partial charge in [0.05, 0.1) is 18.1 Å². The monoisotopic (exact) mass is 322 g/mol. The average Bonchev–Trinajstić information content (AvgIpc) is 3.31. The molecule has 5 heteroatoms. The summed E-state index contributed by atoms with van der Waals surface area (Å²) in [6, 6.07) is 0. The Balaban J connectivity index is 1.51. The second-order valence-corrected chi connectivity index (χ2v) is 8.36. The van der Waals surface area contributed by atoms with Gasteiger partial charge in [-0.1, -0.05) is 13.8 Å². The van der Waals surface area contributed by atoms with Gasteiger partial charge in [-0.25, -0.2) is 4.58 Å². The molecule has 0 aromatic carbocycles. The molecule has 2 N–H and O–H groups in total. The fourth-order valence-corrected chi connectivity index (χ4v) is 4.15. The van der Waals surface area contributed by atoms with Crippen LogP contribution in [-0.4, -0.2) is 58.2 Å². The van der Waals surface area contributed by atoms with Crippen LogP contribution in [0.4, 0.5) is 0 Å². The van der Waals surface area contributed by atoms with Crippen LogP contribution in [0.3, 0.4) is 0 Å². The molecule has 1 aliphatic carbocycles. The maximum atomic E-state index is 12.7.